The molecule has 5 N–H and O–H groups in total. The second kappa shape index (κ2) is 23.5. The molecule has 2 aromatic rings. The number of esters is 1. The number of ketones is 1. The Morgan fingerprint density at radius 1 is 0.897 bits per heavy atom. The first kappa shape index (κ1) is 55.9. The predicted octanol–water partition coefficient (Wildman–Crippen LogP) is 3.23. The lowest BCUT2D eigenvalue weighted by Crippen LogP contribution is -2.61. The summed E-state index contributed by atoms with van der Waals surface area (Å²) in [6.07, 6.45) is -6.02. The number of hydrogen-bond donors (Lipinski definition) is 5. The van der Waals surface area contributed by atoms with Crippen LogP contribution >= 0.6 is 0 Å². The van der Waals surface area contributed by atoms with Crippen LogP contribution < -0.4 is 0 Å². The van der Waals surface area contributed by atoms with E-state index in [0.29, 0.717) is 25.9 Å². The SMILES string of the molecule is CC[C@H]1OC(=O)[C@H](C)[C@@H](OC[C@H]2C[C@@](C)(OC)[C@@H](O)[C@H](C)O2)[C@H](C)[C@@H](O[C@@H]2O[C@H](C)C[C@H](N(C)CCc3cn(Cc4ccc(CO)cc4)nn3)[C@H]2O)[C@](C)(OC)C[C@@H](C)C(=O)[C@H](C)[C@@H](O)[C@]1(C)O. The van der Waals surface area contributed by atoms with Crippen molar-refractivity contribution in [1.82, 2.24) is 19.9 Å². The number of aromatic nitrogens is 3. The number of carbonyl (C=O) groups excluding carboxylic acids is 2. The number of benzene rings is 1. The van der Waals surface area contributed by atoms with Crippen LogP contribution in [0.4, 0.5) is 0 Å². The number of aliphatic hydroxyl groups is 5. The van der Waals surface area contributed by atoms with E-state index in [-0.39, 0.29) is 44.4 Å². The van der Waals surface area contributed by atoms with Crippen LogP contribution in [0.25, 0.3) is 0 Å². The monoisotopic (exact) mass is 963 g/mol. The number of ether oxygens (including phenoxy) is 7. The van der Waals surface area contributed by atoms with E-state index < -0.39 is 108 Å². The molecule has 3 saturated heterocycles. The van der Waals surface area contributed by atoms with Crippen molar-refractivity contribution in [2.75, 3.05) is 34.4 Å². The minimum absolute atomic E-state index is 0.0168. The number of Topliss-reactive ketones (excluding diaryl/α,β-unsaturated/α-hetero) is 1. The molecule has 3 aliphatic rings. The number of aliphatic hydroxyl groups excluding tert-OH is 4. The highest BCUT2D eigenvalue weighted by Crippen LogP contribution is 2.41. The Bertz CT molecular complexity index is 1920. The summed E-state index contributed by atoms with van der Waals surface area (Å²) in [7, 11) is 4.98. The summed E-state index contributed by atoms with van der Waals surface area (Å²) in [6, 6.07) is 7.25. The van der Waals surface area contributed by atoms with Gasteiger partial charge in [-0.15, -0.1) is 5.10 Å². The molecule has 68 heavy (non-hydrogen) atoms. The summed E-state index contributed by atoms with van der Waals surface area (Å²) < 4.78 is 46.4. The molecule has 0 saturated carbocycles. The van der Waals surface area contributed by atoms with Gasteiger partial charge in [0.25, 0.3) is 0 Å². The lowest BCUT2D eigenvalue weighted by atomic mass is 9.74. The molecular formula is C50H82N4O14. The average Bonchev–Trinajstić information content (AvgIpc) is 3.77. The maximum Gasteiger partial charge on any atom is 0.311 e. The fourth-order valence-electron chi connectivity index (χ4n) is 10.7. The van der Waals surface area contributed by atoms with Gasteiger partial charge >= 0.3 is 5.97 Å². The van der Waals surface area contributed by atoms with E-state index >= 15 is 0 Å². The van der Waals surface area contributed by atoms with Crippen LogP contribution in [0.5, 0.6) is 0 Å². The molecule has 5 rings (SSSR count). The van der Waals surface area contributed by atoms with Gasteiger partial charge < -0.3 is 63.6 Å². The summed E-state index contributed by atoms with van der Waals surface area (Å²) in [5.41, 5.74) is -1.58. The third-order valence-corrected chi connectivity index (χ3v) is 15.3. The summed E-state index contributed by atoms with van der Waals surface area (Å²) in [6.45, 7) is 18.3. The molecule has 386 valence electrons. The first-order valence-corrected chi connectivity index (χ1v) is 24.4. The van der Waals surface area contributed by atoms with Gasteiger partial charge in [-0.1, -0.05) is 57.2 Å². The highest BCUT2D eigenvalue weighted by Gasteiger charge is 2.53. The standard InChI is InChI=1S/C50H82N4O14/c1-14-39-50(10,61)43(58)30(4)40(56)28(2)22-49(9,63-13)45(31(5)42(32(6)46(60)67-39)64-27-37-23-48(8,62-12)44(59)33(7)66-37)68-47-41(57)38(21-29(3)65-47)53(11)20-19-36-25-54(52-51-36)24-34-15-17-35(26-55)18-16-34/h15-18,25,28-33,37-39,41-45,47,55,57-59,61H,14,19-24,26-27H2,1-13H3/t28-,29-,30+,31+,32-,33+,37-,38+,39-,41-,42+,43-,44+,45-,47+,48-,49-,50-/m1/s1. The van der Waals surface area contributed by atoms with Crippen molar-refractivity contribution in [2.45, 2.75) is 199 Å². The lowest BCUT2D eigenvalue weighted by Gasteiger charge is -2.49. The van der Waals surface area contributed by atoms with Gasteiger partial charge in [-0.05, 0) is 79.0 Å². The van der Waals surface area contributed by atoms with Crippen molar-refractivity contribution in [3.05, 3.63) is 47.3 Å². The zero-order valence-electron chi connectivity index (χ0n) is 42.6. The highest BCUT2D eigenvalue weighted by molar-refractivity contribution is 5.83. The van der Waals surface area contributed by atoms with Gasteiger partial charge in [-0.3, -0.25) is 9.59 Å². The third kappa shape index (κ3) is 12.7. The second-order valence-corrected chi connectivity index (χ2v) is 20.7. The van der Waals surface area contributed by atoms with Crippen molar-refractivity contribution in [3.8, 4) is 0 Å². The van der Waals surface area contributed by atoms with Crippen molar-refractivity contribution >= 4 is 11.8 Å². The first-order valence-electron chi connectivity index (χ1n) is 24.4. The number of rotatable bonds is 15. The molecular weight excluding hydrogens is 881 g/mol. The van der Waals surface area contributed by atoms with E-state index in [4.69, 9.17) is 33.2 Å². The topological polar surface area (TPSA) is 234 Å². The van der Waals surface area contributed by atoms with Gasteiger partial charge in [0, 0.05) is 63.6 Å². The largest absolute Gasteiger partial charge is 0.459 e. The second-order valence-electron chi connectivity index (χ2n) is 20.7. The van der Waals surface area contributed by atoms with Crippen LogP contribution in [-0.4, -0.2) is 176 Å². The van der Waals surface area contributed by atoms with Crippen molar-refractivity contribution in [2.24, 2.45) is 23.7 Å². The molecule has 1 aromatic carbocycles. The van der Waals surface area contributed by atoms with Gasteiger partial charge in [0.2, 0.25) is 0 Å². The zero-order chi connectivity index (χ0) is 50.5. The molecule has 0 radical (unpaired) electrons. The number of hydrogen-bond acceptors (Lipinski definition) is 17. The summed E-state index contributed by atoms with van der Waals surface area (Å²) in [5, 5.41) is 64.7. The van der Waals surface area contributed by atoms with E-state index in [9.17, 15) is 35.1 Å². The number of carbonyl (C=O) groups is 2. The van der Waals surface area contributed by atoms with E-state index in [2.05, 4.69) is 15.2 Å². The number of nitrogens with zero attached hydrogens (tertiary/aromatic N) is 4. The van der Waals surface area contributed by atoms with E-state index in [1.807, 2.05) is 65.2 Å². The summed E-state index contributed by atoms with van der Waals surface area (Å²) >= 11 is 0. The number of likely N-dealkylation sites (N-methyl/N-ethyl adjacent to an activating group) is 1. The Morgan fingerprint density at radius 3 is 2.16 bits per heavy atom. The molecule has 4 heterocycles. The molecule has 1 aromatic heterocycles. The highest BCUT2D eigenvalue weighted by atomic mass is 16.7. The van der Waals surface area contributed by atoms with E-state index in [1.54, 1.807) is 39.3 Å². The summed E-state index contributed by atoms with van der Waals surface area (Å²) in [4.78, 5) is 30.7. The minimum atomic E-state index is -1.99. The predicted molar refractivity (Wildman–Crippen MR) is 250 cm³/mol. The quantitative estimate of drug-likeness (QED) is 0.161. The van der Waals surface area contributed by atoms with Crippen LogP contribution in [0.1, 0.15) is 112 Å². The van der Waals surface area contributed by atoms with Crippen LogP contribution in [0, 0.1) is 23.7 Å². The average molecular weight is 963 g/mol. The van der Waals surface area contributed by atoms with E-state index in [1.165, 1.54) is 21.1 Å². The van der Waals surface area contributed by atoms with Crippen LogP contribution in [-0.2, 0) is 62.3 Å². The molecule has 0 spiro atoms. The Kier molecular flexibility index (Phi) is 19.3. The number of methoxy groups -OCH3 is 2. The van der Waals surface area contributed by atoms with Crippen molar-refractivity contribution in [3.63, 3.8) is 0 Å². The first-order chi connectivity index (χ1) is 31.9. The molecule has 3 aliphatic heterocycles. The Morgan fingerprint density at radius 2 is 1.54 bits per heavy atom. The molecule has 0 bridgehead atoms. The molecule has 0 unspecified atom stereocenters. The molecule has 18 nitrogen and oxygen atoms in total. The van der Waals surface area contributed by atoms with Crippen molar-refractivity contribution in [1.29, 1.82) is 0 Å². The van der Waals surface area contributed by atoms with Crippen molar-refractivity contribution < 1.29 is 68.3 Å². The van der Waals surface area contributed by atoms with Gasteiger partial charge in [-0.25, -0.2) is 4.68 Å². The Balaban J connectivity index is 1.46. The van der Waals surface area contributed by atoms with Crippen LogP contribution in [0.15, 0.2) is 30.5 Å². The van der Waals surface area contributed by atoms with Crippen LogP contribution in [0.2, 0.25) is 0 Å². The van der Waals surface area contributed by atoms with Crippen LogP contribution in [0.3, 0.4) is 0 Å². The molecule has 18 atom stereocenters. The molecule has 18 heteroatoms. The Labute approximate surface area is 402 Å². The zero-order valence-corrected chi connectivity index (χ0v) is 42.6. The molecule has 3 fully saturated rings. The summed E-state index contributed by atoms with van der Waals surface area (Å²) in [5.74, 6) is -4.54. The minimum Gasteiger partial charge on any atom is -0.459 e. The maximum atomic E-state index is 14.4. The van der Waals surface area contributed by atoms with Gasteiger partial charge in [-0.2, -0.15) is 0 Å². The molecule has 0 aliphatic carbocycles. The normalized spacial score (nSPS) is 40.2. The smallest absolute Gasteiger partial charge is 0.311 e. The third-order valence-electron chi connectivity index (χ3n) is 15.3. The molecule has 0 amide bonds. The number of cyclic esters (lactones) is 1. The van der Waals surface area contributed by atoms with Gasteiger partial charge in [0.05, 0.1) is 79.2 Å². The van der Waals surface area contributed by atoms with E-state index in [0.717, 1.165) is 16.8 Å². The lowest BCUT2D eigenvalue weighted by molar-refractivity contribution is -0.304. The van der Waals surface area contributed by atoms with Gasteiger partial charge in [0.1, 0.15) is 29.7 Å². The Hall–Kier alpha value is -2.98. The van der Waals surface area contributed by atoms with Gasteiger partial charge in [0.15, 0.2) is 6.29 Å². The fourth-order valence-corrected chi connectivity index (χ4v) is 10.7. The maximum absolute atomic E-state index is 14.4. The fraction of sp³-hybridized carbons (Fsp3) is 0.800.